The molecule has 1 aliphatic rings. The van der Waals surface area contributed by atoms with Gasteiger partial charge in [-0.15, -0.1) is 0 Å². The van der Waals surface area contributed by atoms with E-state index < -0.39 is 0 Å². The molecule has 3 rings (SSSR count). The smallest absolute Gasteiger partial charge is 0.238 e. The van der Waals surface area contributed by atoms with Gasteiger partial charge in [-0.3, -0.25) is 4.79 Å². The molecule has 4 nitrogen and oxygen atoms in total. The zero-order valence-corrected chi connectivity index (χ0v) is 13.6. The summed E-state index contributed by atoms with van der Waals surface area (Å²) in [6, 6.07) is 16.1. The summed E-state index contributed by atoms with van der Waals surface area (Å²) in [4.78, 5) is 13.4. The zero-order valence-electron chi connectivity index (χ0n) is 13.6. The molecule has 1 amide bonds. The van der Waals surface area contributed by atoms with Gasteiger partial charge in [-0.05, 0) is 29.3 Å². The molecule has 0 radical (unpaired) electrons. The highest BCUT2D eigenvalue weighted by atomic mass is 16.1. The Morgan fingerprint density at radius 1 is 1.21 bits per heavy atom. The first-order valence-corrected chi connectivity index (χ1v) is 7.95. The van der Waals surface area contributed by atoms with Crippen molar-refractivity contribution < 1.29 is 4.79 Å². The molecule has 122 valence electrons. The summed E-state index contributed by atoms with van der Waals surface area (Å²) in [6.07, 6.45) is 8.58. The number of amides is 1. The number of rotatable bonds is 4. The number of nitrogens with zero attached hydrogens (tertiary/aromatic N) is 1. The fourth-order valence-corrected chi connectivity index (χ4v) is 2.77. The Hall–Kier alpha value is -2.85. The molecule has 0 spiro atoms. The molecule has 0 saturated heterocycles. The Morgan fingerprint density at radius 3 is 2.71 bits per heavy atom. The van der Waals surface area contributed by atoms with Crippen LogP contribution >= 0.6 is 0 Å². The predicted octanol–water partition coefficient (Wildman–Crippen LogP) is 3.34. The first-order valence-electron chi connectivity index (χ1n) is 7.95. The minimum absolute atomic E-state index is 0.0104. The molecule has 1 atom stereocenters. The third kappa shape index (κ3) is 3.55. The van der Waals surface area contributed by atoms with Gasteiger partial charge in [0.25, 0.3) is 0 Å². The highest BCUT2D eigenvalue weighted by molar-refractivity contribution is 5.92. The highest BCUT2D eigenvalue weighted by Gasteiger charge is 2.15. The Balaban J connectivity index is 1.74. The molecule has 3 N–H and O–H groups in total. The normalized spacial score (nSPS) is 16.2. The van der Waals surface area contributed by atoms with Crippen molar-refractivity contribution in [3.63, 3.8) is 0 Å². The minimum Gasteiger partial charge on any atom is -0.351 e. The summed E-state index contributed by atoms with van der Waals surface area (Å²) >= 11 is 0. The first-order chi connectivity index (χ1) is 11.7. The van der Waals surface area contributed by atoms with E-state index in [0.717, 1.165) is 11.3 Å². The van der Waals surface area contributed by atoms with Gasteiger partial charge >= 0.3 is 0 Å². The van der Waals surface area contributed by atoms with Crippen molar-refractivity contribution in [3.8, 4) is 0 Å². The Labute approximate surface area is 142 Å². The number of hydrogen-bond donors (Lipinski definition) is 2. The molecule has 0 aromatic heterocycles. The van der Waals surface area contributed by atoms with Crippen molar-refractivity contribution in [2.75, 3.05) is 23.8 Å². The van der Waals surface area contributed by atoms with Gasteiger partial charge in [-0.1, -0.05) is 48.6 Å². The van der Waals surface area contributed by atoms with E-state index >= 15 is 0 Å². The van der Waals surface area contributed by atoms with E-state index in [2.05, 4.69) is 66.0 Å². The quantitative estimate of drug-likeness (QED) is 0.908. The summed E-state index contributed by atoms with van der Waals surface area (Å²) in [6.45, 7) is -0.0104. The number of anilines is 2. The van der Waals surface area contributed by atoms with Crippen molar-refractivity contribution in [3.05, 3.63) is 78.0 Å². The van der Waals surface area contributed by atoms with Crippen molar-refractivity contribution in [1.82, 2.24) is 0 Å². The van der Waals surface area contributed by atoms with Crippen LogP contribution in [0.5, 0.6) is 0 Å². The second kappa shape index (κ2) is 7.15. The predicted molar refractivity (Wildman–Crippen MR) is 99.9 cm³/mol. The molecule has 1 unspecified atom stereocenters. The van der Waals surface area contributed by atoms with E-state index in [-0.39, 0.29) is 18.4 Å². The average molecular weight is 319 g/mol. The van der Waals surface area contributed by atoms with Gasteiger partial charge in [0, 0.05) is 30.5 Å². The maximum absolute atomic E-state index is 11.3. The lowest BCUT2D eigenvalue weighted by molar-refractivity contribution is -0.114. The van der Waals surface area contributed by atoms with Crippen LogP contribution in [0.25, 0.3) is 6.08 Å². The number of carbonyl (C=O) groups excluding carboxylic acids is 1. The molecule has 24 heavy (non-hydrogen) atoms. The SMILES string of the molecule is CN1C=CC(/C=C/c2ccc(NC(=O)CN)cc2)c2ccccc21. The van der Waals surface area contributed by atoms with Crippen LogP contribution in [0, 0.1) is 0 Å². The second-order valence-electron chi connectivity index (χ2n) is 5.77. The largest absolute Gasteiger partial charge is 0.351 e. The fraction of sp³-hybridized carbons (Fsp3) is 0.150. The lowest BCUT2D eigenvalue weighted by Gasteiger charge is -2.26. The third-order valence-electron chi connectivity index (χ3n) is 4.07. The van der Waals surface area contributed by atoms with E-state index in [1.165, 1.54) is 11.3 Å². The molecular weight excluding hydrogens is 298 g/mol. The van der Waals surface area contributed by atoms with E-state index in [4.69, 9.17) is 5.73 Å². The van der Waals surface area contributed by atoms with Crippen molar-refractivity contribution in [2.24, 2.45) is 5.73 Å². The molecule has 2 aromatic rings. The van der Waals surface area contributed by atoms with Gasteiger partial charge in [0.2, 0.25) is 5.91 Å². The summed E-state index contributed by atoms with van der Waals surface area (Å²) in [5.41, 5.74) is 9.67. The molecule has 0 bridgehead atoms. The van der Waals surface area contributed by atoms with E-state index in [1.54, 1.807) is 0 Å². The summed E-state index contributed by atoms with van der Waals surface area (Å²) < 4.78 is 0. The maximum atomic E-state index is 11.3. The molecule has 0 aliphatic carbocycles. The number of fused-ring (bicyclic) bond motifs is 1. The molecule has 0 saturated carbocycles. The van der Waals surface area contributed by atoms with Gasteiger partial charge in [-0.25, -0.2) is 0 Å². The fourth-order valence-electron chi connectivity index (χ4n) is 2.77. The van der Waals surface area contributed by atoms with Crippen molar-refractivity contribution >= 4 is 23.4 Å². The Bertz CT molecular complexity index is 778. The van der Waals surface area contributed by atoms with Gasteiger partial charge in [0.05, 0.1) is 6.54 Å². The van der Waals surface area contributed by atoms with Gasteiger partial charge in [0.15, 0.2) is 0 Å². The van der Waals surface area contributed by atoms with Crippen LogP contribution in [0.1, 0.15) is 17.0 Å². The number of benzene rings is 2. The third-order valence-corrected chi connectivity index (χ3v) is 4.07. The topological polar surface area (TPSA) is 58.4 Å². The molecule has 1 aliphatic heterocycles. The standard InChI is InChI=1S/C20H21N3O/c1-23-13-12-16(18-4-2-3-5-19(18)23)9-6-15-7-10-17(11-8-15)22-20(24)14-21/h2-13,16H,14,21H2,1H3,(H,22,24)/b9-6+. The molecule has 0 fully saturated rings. The van der Waals surface area contributed by atoms with E-state index in [0.29, 0.717) is 0 Å². The van der Waals surface area contributed by atoms with Crippen LogP contribution in [-0.4, -0.2) is 19.5 Å². The number of nitrogens with one attached hydrogen (secondary N) is 1. The van der Waals surface area contributed by atoms with E-state index in [1.807, 2.05) is 24.3 Å². The van der Waals surface area contributed by atoms with Crippen LogP contribution in [0.4, 0.5) is 11.4 Å². The monoisotopic (exact) mass is 319 g/mol. The van der Waals surface area contributed by atoms with Crippen LogP contribution in [0.2, 0.25) is 0 Å². The maximum Gasteiger partial charge on any atom is 0.238 e. The van der Waals surface area contributed by atoms with Crippen molar-refractivity contribution in [2.45, 2.75) is 5.92 Å². The number of carbonyl (C=O) groups is 1. The molecule has 2 aromatic carbocycles. The zero-order chi connectivity index (χ0) is 16.9. The van der Waals surface area contributed by atoms with Crippen LogP contribution < -0.4 is 16.0 Å². The lowest BCUT2D eigenvalue weighted by Crippen LogP contribution is -2.21. The molecule has 1 heterocycles. The van der Waals surface area contributed by atoms with Crippen LogP contribution in [0.3, 0.4) is 0 Å². The highest BCUT2D eigenvalue weighted by Crippen LogP contribution is 2.33. The number of hydrogen-bond acceptors (Lipinski definition) is 3. The minimum atomic E-state index is -0.189. The Kier molecular flexibility index (Phi) is 4.77. The number of allylic oxidation sites excluding steroid dienone is 2. The summed E-state index contributed by atoms with van der Waals surface area (Å²) in [5.74, 6) is 0.0698. The van der Waals surface area contributed by atoms with Crippen LogP contribution in [-0.2, 0) is 4.79 Å². The van der Waals surface area contributed by atoms with Gasteiger partial charge in [-0.2, -0.15) is 0 Å². The average Bonchev–Trinajstić information content (AvgIpc) is 2.62. The first kappa shape index (κ1) is 16.0. The number of nitrogens with two attached hydrogens (primary N) is 1. The summed E-state index contributed by atoms with van der Waals surface area (Å²) in [7, 11) is 2.06. The Morgan fingerprint density at radius 2 is 1.96 bits per heavy atom. The molecule has 4 heteroatoms. The van der Waals surface area contributed by atoms with Crippen LogP contribution in [0.15, 0.2) is 66.9 Å². The number of para-hydroxylation sites is 1. The van der Waals surface area contributed by atoms with Gasteiger partial charge in [0.1, 0.15) is 0 Å². The summed E-state index contributed by atoms with van der Waals surface area (Å²) in [5, 5.41) is 2.74. The second-order valence-corrected chi connectivity index (χ2v) is 5.77. The molecular formula is C20H21N3O. The van der Waals surface area contributed by atoms with Crippen molar-refractivity contribution in [1.29, 1.82) is 0 Å². The lowest BCUT2D eigenvalue weighted by atomic mass is 9.93. The van der Waals surface area contributed by atoms with E-state index in [9.17, 15) is 4.79 Å². The van der Waals surface area contributed by atoms with Gasteiger partial charge < -0.3 is 16.0 Å².